The summed E-state index contributed by atoms with van der Waals surface area (Å²) >= 11 is 3.39. The van der Waals surface area contributed by atoms with Crippen LogP contribution in [0.2, 0.25) is 0 Å². The molecule has 0 aliphatic carbocycles. The third-order valence-corrected chi connectivity index (χ3v) is 3.29. The van der Waals surface area contributed by atoms with Gasteiger partial charge >= 0.3 is 0 Å². The maximum Gasteiger partial charge on any atom is 0.259 e. The van der Waals surface area contributed by atoms with E-state index in [-0.39, 0.29) is 5.56 Å². The van der Waals surface area contributed by atoms with Gasteiger partial charge in [-0.2, -0.15) is 5.10 Å². The fourth-order valence-corrected chi connectivity index (χ4v) is 2.20. The monoisotopic (exact) mass is 277 g/mol. The van der Waals surface area contributed by atoms with Gasteiger partial charge < -0.3 is 4.98 Å². The zero-order valence-electron chi connectivity index (χ0n) is 8.25. The fraction of sp³-hybridized carbons (Fsp3) is 0.0909. The number of aromatic nitrogens is 3. The zero-order chi connectivity index (χ0) is 11.1. The lowest BCUT2D eigenvalue weighted by molar-refractivity contribution is 1.12. The highest BCUT2D eigenvalue weighted by molar-refractivity contribution is 9.08. The Bertz CT molecular complexity index is 729. The van der Waals surface area contributed by atoms with Crippen LogP contribution in [0.25, 0.3) is 21.8 Å². The minimum Gasteiger partial charge on any atom is -0.321 e. The molecule has 0 aliphatic rings. The van der Waals surface area contributed by atoms with Crippen molar-refractivity contribution in [1.29, 1.82) is 0 Å². The summed E-state index contributed by atoms with van der Waals surface area (Å²) in [6, 6.07) is 5.98. The molecule has 0 amide bonds. The number of nitrogens with one attached hydrogen (secondary N) is 2. The number of hydrogen-bond acceptors (Lipinski definition) is 2. The Balaban J connectivity index is 2.53. The molecule has 0 aliphatic heterocycles. The summed E-state index contributed by atoms with van der Waals surface area (Å²) < 4.78 is 0. The van der Waals surface area contributed by atoms with Gasteiger partial charge in [-0.05, 0) is 11.6 Å². The van der Waals surface area contributed by atoms with E-state index in [0.29, 0.717) is 5.39 Å². The van der Waals surface area contributed by atoms with Crippen LogP contribution in [-0.4, -0.2) is 15.2 Å². The van der Waals surface area contributed by atoms with Crippen molar-refractivity contribution in [3.05, 3.63) is 40.3 Å². The van der Waals surface area contributed by atoms with E-state index in [2.05, 4.69) is 31.1 Å². The Kier molecular flexibility index (Phi) is 2.07. The van der Waals surface area contributed by atoms with Crippen molar-refractivity contribution in [3.63, 3.8) is 0 Å². The molecule has 2 heterocycles. The van der Waals surface area contributed by atoms with Crippen molar-refractivity contribution >= 4 is 37.7 Å². The molecule has 0 spiro atoms. The number of alkyl halides is 1. The molecule has 5 heteroatoms. The number of rotatable bonds is 1. The molecule has 0 saturated carbocycles. The number of benzene rings is 1. The van der Waals surface area contributed by atoms with E-state index in [1.165, 1.54) is 0 Å². The number of hydrogen-bond donors (Lipinski definition) is 2. The zero-order valence-corrected chi connectivity index (χ0v) is 9.84. The third-order valence-electron chi connectivity index (χ3n) is 2.64. The normalized spacial score (nSPS) is 11.3. The number of nitrogens with zero attached hydrogens (tertiary/aromatic N) is 1. The molecule has 4 nitrogen and oxygen atoms in total. The average molecular weight is 278 g/mol. The second-order valence-corrected chi connectivity index (χ2v) is 4.19. The molecule has 0 fully saturated rings. The number of fused-ring (bicyclic) bond motifs is 3. The first kappa shape index (κ1) is 9.59. The first-order chi connectivity index (χ1) is 7.79. The van der Waals surface area contributed by atoms with Crippen LogP contribution in [0.5, 0.6) is 0 Å². The van der Waals surface area contributed by atoms with Crippen molar-refractivity contribution < 1.29 is 0 Å². The molecule has 3 aromatic rings. The van der Waals surface area contributed by atoms with Crippen LogP contribution in [0.4, 0.5) is 0 Å². The van der Waals surface area contributed by atoms with Crippen LogP contribution < -0.4 is 5.56 Å². The molecule has 0 unspecified atom stereocenters. The van der Waals surface area contributed by atoms with Crippen LogP contribution in [0.15, 0.2) is 29.2 Å². The Hall–Kier alpha value is -1.62. The van der Waals surface area contributed by atoms with E-state index in [1.807, 2.05) is 18.2 Å². The van der Waals surface area contributed by atoms with E-state index < -0.39 is 0 Å². The van der Waals surface area contributed by atoms with Gasteiger partial charge in [0.1, 0.15) is 0 Å². The summed E-state index contributed by atoms with van der Waals surface area (Å²) in [6.07, 6.45) is 1.55. The Morgan fingerprint density at radius 3 is 3.00 bits per heavy atom. The van der Waals surface area contributed by atoms with Crippen LogP contribution in [0.1, 0.15) is 5.56 Å². The molecule has 2 aromatic heterocycles. The predicted molar refractivity (Wildman–Crippen MR) is 66.9 cm³/mol. The maximum absolute atomic E-state index is 11.7. The quantitative estimate of drug-likeness (QED) is 0.671. The highest BCUT2D eigenvalue weighted by Crippen LogP contribution is 2.20. The van der Waals surface area contributed by atoms with Crippen LogP contribution in [0, 0.1) is 0 Å². The van der Waals surface area contributed by atoms with Gasteiger partial charge in [0.15, 0.2) is 0 Å². The Morgan fingerprint density at radius 1 is 1.31 bits per heavy atom. The summed E-state index contributed by atoms with van der Waals surface area (Å²) in [5, 5.41) is 9.11. The van der Waals surface area contributed by atoms with Crippen molar-refractivity contribution in [1.82, 2.24) is 15.2 Å². The predicted octanol–water partition coefficient (Wildman–Crippen LogP) is 2.30. The SMILES string of the molecule is O=c1[nH]c2cc(CBr)ccc2c2[nH]ncc12. The summed E-state index contributed by atoms with van der Waals surface area (Å²) in [4.78, 5) is 14.6. The molecule has 1 aromatic carbocycles. The van der Waals surface area contributed by atoms with Crippen molar-refractivity contribution in [3.8, 4) is 0 Å². The van der Waals surface area contributed by atoms with E-state index in [0.717, 1.165) is 27.3 Å². The second-order valence-electron chi connectivity index (χ2n) is 3.63. The van der Waals surface area contributed by atoms with Crippen molar-refractivity contribution in [2.75, 3.05) is 0 Å². The molecule has 0 bridgehead atoms. The Labute approximate surface area is 98.8 Å². The van der Waals surface area contributed by atoms with Gasteiger partial charge in [-0.1, -0.05) is 28.1 Å². The van der Waals surface area contributed by atoms with Gasteiger partial charge in [-0.25, -0.2) is 0 Å². The van der Waals surface area contributed by atoms with Crippen molar-refractivity contribution in [2.24, 2.45) is 0 Å². The summed E-state index contributed by atoms with van der Waals surface area (Å²) in [5.41, 5.74) is 2.64. The van der Waals surface area contributed by atoms with E-state index in [1.54, 1.807) is 6.20 Å². The summed E-state index contributed by atoms with van der Waals surface area (Å²) in [6.45, 7) is 0. The number of pyridine rings is 1. The van der Waals surface area contributed by atoms with E-state index in [9.17, 15) is 4.79 Å². The fourth-order valence-electron chi connectivity index (χ4n) is 1.85. The molecular formula is C11H8BrN3O. The lowest BCUT2D eigenvalue weighted by Crippen LogP contribution is -2.05. The number of aromatic amines is 2. The lowest BCUT2D eigenvalue weighted by Gasteiger charge is -2.01. The van der Waals surface area contributed by atoms with Crippen LogP contribution in [-0.2, 0) is 5.33 Å². The van der Waals surface area contributed by atoms with Crippen LogP contribution in [0.3, 0.4) is 0 Å². The van der Waals surface area contributed by atoms with Gasteiger partial charge in [0, 0.05) is 10.7 Å². The average Bonchev–Trinajstić information content (AvgIpc) is 2.78. The summed E-state index contributed by atoms with van der Waals surface area (Å²) in [7, 11) is 0. The van der Waals surface area contributed by atoms with Gasteiger partial charge in [0.2, 0.25) is 0 Å². The highest BCUT2D eigenvalue weighted by atomic mass is 79.9. The molecule has 0 atom stereocenters. The first-order valence-corrected chi connectivity index (χ1v) is 5.95. The van der Waals surface area contributed by atoms with Crippen molar-refractivity contribution in [2.45, 2.75) is 5.33 Å². The van der Waals surface area contributed by atoms with Gasteiger partial charge in [0.05, 0.1) is 22.6 Å². The smallest absolute Gasteiger partial charge is 0.259 e. The van der Waals surface area contributed by atoms with Gasteiger partial charge in [-0.3, -0.25) is 9.89 Å². The largest absolute Gasteiger partial charge is 0.321 e. The molecule has 2 N–H and O–H groups in total. The molecule has 3 rings (SSSR count). The molecular weight excluding hydrogens is 270 g/mol. The first-order valence-electron chi connectivity index (χ1n) is 4.83. The lowest BCUT2D eigenvalue weighted by atomic mass is 10.1. The Morgan fingerprint density at radius 2 is 2.19 bits per heavy atom. The number of H-pyrrole nitrogens is 2. The van der Waals surface area contributed by atoms with Crippen LogP contribution >= 0.6 is 15.9 Å². The minimum atomic E-state index is -0.108. The molecule has 16 heavy (non-hydrogen) atoms. The molecule has 0 radical (unpaired) electrons. The standard InChI is InChI=1S/C11H8BrN3O/c12-4-6-1-2-7-9(3-6)14-11(16)8-5-13-15-10(7)8/h1-3,5H,4H2,(H,13,15)(H,14,16). The molecule has 80 valence electrons. The third kappa shape index (κ3) is 1.28. The number of halogens is 1. The second kappa shape index (κ2) is 3.45. The minimum absolute atomic E-state index is 0.108. The van der Waals surface area contributed by atoms with E-state index >= 15 is 0 Å². The highest BCUT2D eigenvalue weighted by Gasteiger charge is 2.06. The van der Waals surface area contributed by atoms with Gasteiger partial charge in [0.25, 0.3) is 5.56 Å². The van der Waals surface area contributed by atoms with Gasteiger partial charge in [-0.15, -0.1) is 0 Å². The topological polar surface area (TPSA) is 61.5 Å². The molecule has 0 saturated heterocycles. The summed E-state index contributed by atoms with van der Waals surface area (Å²) in [5.74, 6) is 0. The maximum atomic E-state index is 11.7. The van der Waals surface area contributed by atoms with E-state index in [4.69, 9.17) is 0 Å².